The van der Waals surface area contributed by atoms with E-state index in [0.29, 0.717) is 49.1 Å². The van der Waals surface area contributed by atoms with E-state index in [2.05, 4.69) is 14.9 Å². The number of rotatable bonds is 6. The van der Waals surface area contributed by atoms with Crippen LogP contribution in [0.15, 0.2) is 33.9 Å². The standard InChI is InChI=1S/C20H25Cl2FN8O.2C2H6/c21-13-1-2-14(23)18(22)12(13)10-31-4-3-28-20(27)16(31)9-15(24)19(26)29-17(25)11-30-5-7-32-8-6-30;2*1-2/h1-2,9,24H,3-8,10-11H2,(H2,27,28)(H3,25,26,29);2*1-2H3/b16-9+,24-15?;;. The van der Waals surface area contributed by atoms with Crippen LogP contribution in [0.3, 0.4) is 0 Å². The molecule has 36 heavy (non-hydrogen) atoms. The number of morpholine rings is 1. The summed E-state index contributed by atoms with van der Waals surface area (Å²) in [6.07, 6.45) is 1.40. The minimum absolute atomic E-state index is 0.0683. The molecule has 0 atom stereocenters. The van der Waals surface area contributed by atoms with Crippen molar-refractivity contribution in [1.29, 1.82) is 10.8 Å². The summed E-state index contributed by atoms with van der Waals surface area (Å²) in [6.45, 7) is 12.2. The van der Waals surface area contributed by atoms with E-state index in [1.54, 1.807) is 4.90 Å². The van der Waals surface area contributed by atoms with Crippen molar-refractivity contribution >= 4 is 46.4 Å². The largest absolute Gasteiger partial charge is 0.386 e. The van der Waals surface area contributed by atoms with Crippen LogP contribution in [-0.4, -0.2) is 79.0 Å². The van der Waals surface area contributed by atoms with E-state index in [1.807, 2.05) is 27.7 Å². The van der Waals surface area contributed by atoms with E-state index in [9.17, 15) is 4.39 Å². The van der Waals surface area contributed by atoms with Crippen molar-refractivity contribution < 1.29 is 9.13 Å². The Balaban J connectivity index is 0.00000154. The normalized spacial score (nSPS) is 17.4. The third kappa shape index (κ3) is 9.16. The van der Waals surface area contributed by atoms with Crippen molar-refractivity contribution in [2.75, 3.05) is 45.9 Å². The molecule has 9 nitrogen and oxygen atoms in total. The van der Waals surface area contributed by atoms with Gasteiger partial charge in [-0.05, 0) is 18.2 Å². The topological polar surface area (TPSA) is 140 Å². The van der Waals surface area contributed by atoms with Crippen LogP contribution in [0.2, 0.25) is 10.0 Å². The van der Waals surface area contributed by atoms with Crippen LogP contribution in [0.25, 0.3) is 0 Å². The molecule has 0 saturated carbocycles. The fraction of sp³-hybridized carbons (Fsp3) is 0.500. The first-order chi connectivity index (χ1) is 17.3. The first-order valence-electron chi connectivity index (χ1n) is 12.0. The third-order valence-electron chi connectivity index (χ3n) is 5.02. The first kappa shape index (κ1) is 31.5. The van der Waals surface area contributed by atoms with Crippen molar-refractivity contribution in [3.05, 3.63) is 45.3 Å². The summed E-state index contributed by atoms with van der Waals surface area (Å²) in [5.74, 6) is -0.443. The number of halogens is 3. The van der Waals surface area contributed by atoms with Gasteiger partial charge in [0.15, 0.2) is 5.84 Å². The number of nitrogens with one attached hydrogen (secondary N) is 2. The number of nitrogens with two attached hydrogens (primary N) is 2. The highest BCUT2D eigenvalue weighted by Crippen LogP contribution is 2.29. The first-order valence-corrected chi connectivity index (χ1v) is 12.7. The number of aliphatic imine (C=N–C) groups is 2. The second-order valence-corrected chi connectivity index (χ2v) is 8.08. The number of hydrogen-bond acceptors (Lipinski definition) is 7. The summed E-state index contributed by atoms with van der Waals surface area (Å²) in [5.41, 5.74) is 12.6. The van der Waals surface area contributed by atoms with Gasteiger partial charge >= 0.3 is 0 Å². The zero-order valence-electron chi connectivity index (χ0n) is 21.4. The Bertz CT molecular complexity index is 991. The predicted molar refractivity (Wildman–Crippen MR) is 148 cm³/mol. The van der Waals surface area contributed by atoms with E-state index in [0.717, 1.165) is 13.1 Å². The molecule has 1 fully saturated rings. The molecule has 2 aliphatic heterocycles. The van der Waals surface area contributed by atoms with Gasteiger partial charge in [-0.1, -0.05) is 50.9 Å². The molecule has 12 heteroatoms. The molecule has 6 N–H and O–H groups in total. The average molecular weight is 544 g/mol. The van der Waals surface area contributed by atoms with Gasteiger partial charge in [0.2, 0.25) is 0 Å². The number of benzene rings is 1. The van der Waals surface area contributed by atoms with Crippen LogP contribution in [0.1, 0.15) is 33.3 Å². The molecule has 3 rings (SSSR count). The van der Waals surface area contributed by atoms with Gasteiger partial charge in [-0.2, -0.15) is 0 Å². The summed E-state index contributed by atoms with van der Waals surface area (Å²) in [7, 11) is 0. The Labute approximate surface area is 223 Å². The zero-order valence-corrected chi connectivity index (χ0v) is 22.9. The third-order valence-corrected chi connectivity index (χ3v) is 5.79. The molecule has 0 aliphatic carbocycles. The van der Waals surface area contributed by atoms with E-state index in [4.69, 9.17) is 50.2 Å². The van der Waals surface area contributed by atoms with Crippen LogP contribution in [0, 0.1) is 16.6 Å². The van der Waals surface area contributed by atoms with Gasteiger partial charge in [-0.15, -0.1) is 0 Å². The Hall–Kier alpha value is -2.53. The maximum Gasteiger partial charge on any atom is 0.171 e. The minimum Gasteiger partial charge on any atom is -0.386 e. The summed E-state index contributed by atoms with van der Waals surface area (Å²) >= 11 is 12.3. The summed E-state index contributed by atoms with van der Waals surface area (Å²) in [4.78, 5) is 12.1. The molecule has 1 aromatic carbocycles. The molecule has 0 spiro atoms. The van der Waals surface area contributed by atoms with E-state index >= 15 is 0 Å². The second-order valence-electron chi connectivity index (χ2n) is 7.29. The summed E-state index contributed by atoms with van der Waals surface area (Å²) < 4.78 is 19.2. The van der Waals surface area contributed by atoms with Crippen molar-refractivity contribution in [1.82, 2.24) is 9.80 Å². The number of ether oxygens (including phenoxy) is 1. The second kappa shape index (κ2) is 16.3. The van der Waals surface area contributed by atoms with Gasteiger partial charge < -0.3 is 21.1 Å². The maximum atomic E-state index is 13.9. The Kier molecular flexibility index (Phi) is 14.2. The van der Waals surface area contributed by atoms with Crippen LogP contribution in [0.4, 0.5) is 4.39 Å². The Morgan fingerprint density at radius 2 is 1.81 bits per heavy atom. The maximum absolute atomic E-state index is 13.9. The molecule has 0 radical (unpaired) electrons. The van der Waals surface area contributed by atoms with Gasteiger partial charge in [-0.3, -0.25) is 20.7 Å². The van der Waals surface area contributed by atoms with Gasteiger partial charge in [0.1, 0.15) is 23.2 Å². The fourth-order valence-electron chi connectivity index (χ4n) is 3.32. The van der Waals surface area contributed by atoms with Crippen LogP contribution in [0.5, 0.6) is 0 Å². The van der Waals surface area contributed by atoms with Gasteiger partial charge in [0, 0.05) is 36.8 Å². The van der Waals surface area contributed by atoms with E-state index in [-0.39, 0.29) is 34.8 Å². The van der Waals surface area contributed by atoms with Crippen LogP contribution in [-0.2, 0) is 11.3 Å². The van der Waals surface area contributed by atoms with Crippen molar-refractivity contribution in [3.8, 4) is 0 Å². The minimum atomic E-state index is -0.574. The molecular formula is C24H37Cl2FN8O. The number of nitrogens with zero attached hydrogens (tertiary/aromatic N) is 4. The zero-order chi connectivity index (χ0) is 27.3. The molecule has 200 valence electrons. The molecule has 2 aliphatic rings. The highest BCUT2D eigenvalue weighted by atomic mass is 35.5. The fourth-order valence-corrected chi connectivity index (χ4v) is 3.81. The molecule has 0 bridgehead atoms. The number of amidine groups is 3. The highest BCUT2D eigenvalue weighted by Gasteiger charge is 2.22. The van der Waals surface area contributed by atoms with E-state index < -0.39 is 5.82 Å². The smallest absolute Gasteiger partial charge is 0.171 e. The Morgan fingerprint density at radius 1 is 1.17 bits per heavy atom. The van der Waals surface area contributed by atoms with Crippen molar-refractivity contribution in [2.45, 2.75) is 34.2 Å². The average Bonchev–Trinajstić information content (AvgIpc) is 2.88. The van der Waals surface area contributed by atoms with Crippen molar-refractivity contribution in [2.24, 2.45) is 21.5 Å². The van der Waals surface area contributed by atoms with E-state index in [1.165, 1.54) is 18.2 Å². The summed E-state index contributed by atoms with van der Waals surface area (Å²) in [6, 6.07) is 2.64. The lowest BCUT2D eigenvalue weighted by Gasteiger charge is -2.30. The highest BCUT2D eigenvalue weighted by molar-refractivity contribution is 6.45. The Morgan fingerprint density at radius 3 is 2.44 bits per heavy atom. The SMILES string of the molecule is CC.CC.N=C(/C=C1\C(N)=NCCN1Cc1c(Cl)ccc(F)c1Cl)C(=N)N=C(N)CN1CCOCC1. The molecule has 0 amide bonds. The lowest BCUT2D eigenvalue weighted by atomic mass is 10.1. The van der Waals surface area contributed by atoms with Gasteiger partial charge in [0.25, 0.3) is 0 Å². The lowest BCUT2D eigenvalue weighted by Crippen LogP contribution is -2.42. The molecular weight excluding hydrogens is 506 g/mol. The number of hydrogen-bond donors (Lipinski definition) is 4. The molecule has 0 unspecified atom stereocenters. The van der Waals surface area contributed by atoms with Crippen LogP contribution >= 0.6 is 23.2 Å². The quantitative estimate of drug-likeness (QED) is 0.245. The monoisotopic (exact) mass is 542 g/mol. The van der Waals surface area contributed by atoms with Gasteiger partial charge in [-0.25, -0.2) is 9.38 Å². The molecule has 0 aromatic heterocycles. The molecule has 1 aromatic rings. The molecule has 2 heterocycles. The predicted octanol–water partition coefficient (Wildman–Crippen LogP) is 3.93. The van der Waals surface area contributed by atoms with Crippen molar-refractivity contribution in [3.63, 3.8) is 0 Å². The van der Waals surface area contributed by atoms with Gasteiger partial charge in [0.05, 0.1) is 37.0 Å². The lowest BCUT2D eigenvalue weighted by molar-refractivity contribution is 0.0452. The molecule has 1 saturated heterocycles. The summed E-state index contributed by atoms with van der Waals surface area (Å²) in [5, 5.41) is 16.7. The van der Waals surface area contributed by atoms with Crippen LogP contribution < -0.4 is 11.5 Å².